The summed E-state index contributed by atoms with van der Waals surface area (Å²) in [6.45, 7) is 1.62. The van der Waals surface area contributed by atoms with Crippen LogP contribution in [0.15, 0.2) is 36.4 Å². The molecule has 0 aliphatic carbocycles. The molecule has 2 N–H and O–H groups in total. The first-order chi connectivity index (χ1) is 9.51. The van der Waals surface area contributed by atoms with Crippen LogP contribution >= 0.6 is 23.2 Å². The van der Waals surface area contributed by atoms with Gasteiger partial charge in [0.1, 0.15) is 5.82 Å². The van der Waals surface area contributed by atoms with Crippen LogP contribution < -0.4 is 5.32 Å². The molecule has 0 fully saturated rings. The lowest BCUT2D eigenvalue weighted by molar-refractivity contribution is 0.276. The summed E-state index contributed by atoms with van der Waals surface area (Å²) in [5.74, 6) is -0.332. The lowest BCUT2D eigenvalue weighted by Crippen LogP contribution is -2.15. The van der Waals surface area contributed by atoms with Gasteiger partial charge in [-0.25, -0.2) is 4.39 Å². The van der Waals surface area contributed by atoms with Crippen molar-refractivity contribution in [3.8, 4) is 0 Å². The summed E-state index contributed by atoms with van der Waals surface area (Å²) in [5, 5.41) is 13.4. The summed E-state index contributed by atoms with van der Waals surface area (Å²) in [6.07, 6.45) is 0. The quantitative estimate of drug-likeness (QED) is 0.865. The van der Waals surface area contributed by atoms with E-state index in [0.29, 0.717) is 21.3 Å². The van der Waals surface area contributed by atoms with Crippen molar-refractivity contribution in [3.05, 3.63) is 63.4 Å². The summed E-state index contributed by atoms with van der Waals surface area (Å²) in [4.78, 5) is 0. The molecule has 0 bridgehead atoms. The number of rotatable bonds is 4. The maximum Gasteiger partial charge on any atom is 0.125 e. The molecule has 0 aromatic heterocycles. The molecule has 0 amide bonds. The van der Waals surface area contributed by atoms with Crippen molar-refractivity contribution in [2.75, 3.05) is 11.9 Å². The fraction of sp³-hybridized carbons (Fsp3) is 0.200. The highest BCUT2D eigenvalue weighted by Crippen LogP contribution is 2.31. The zero-order valence-electron chi connectivity index (χ0n) is 10.8. The van der Waals surface area contributed by atoms with E-state index in [1.807, 2.05) is 0 Å². The standard InChI is InChI=1S/C15H14Cl2FNO/c1-9-5-10(18)7-11(6-9)19-14(8-20)12-3-2-4-13(16)15(12)17/h2-7,14,19-20H,8H2,1H3. The van der Waals surface area contributed by atoms with Crippen molar-refractivity contribution in [1.82, 2.24) is 0 Å². The smallest absolute Gasteiger partial charge is 0.125 e. The van der Waals surface area contributed by atoms with E-state index in [-0.39, 0.29) is 12.4 Å². The van der Waals surface area contributed by atoms with Crippen molar-refractivity contribution in [3.63, 3.8) is 0 Å². The minimum absolute atomic E-state index is 0.185. The lowest BCUT2D eigenvalue weighted by atomic mass is 10.1. The predicted molar refractivity (Wildman–Crippen MR) is 81.0 cm³/mol. The van der Waals surface area contributed by atoms with E-state index >= 15 is 0 Å². The molecule has 0 saturated heterocycles. The van der Waals surface area contributed by atoms with Gasteiger partial charge in [0.05, 0.1) is 22.7 Å². The highest BCUT2D eigenvalue weighted by atomic mass is 35.5. The van der Waals surface area contributed by atoms with E-state index in [4.69, 9.17) is 23.2 Å². The highest BCUT2D eigenvalue weighted by molar-refractivity contribution is 6.42. The second kappa shape index (κ2) is 6.44. The Morgan fingerprint density at radius 1 is 1.25 bits per heavy atom. The fourth-order valence-electron chi connectivity index (χ4n) is 2.03. The van der Waals surface area contributed by atoms with Gasteiger partial charge in [-0.3, -0.25) is 0 Å². The highest BCUT2D eigenvalue weighted by Gasteiger charge is 2.16. The van der Waals surface area contributed by atoms with Crippen molar-refractivity contribution < 1.29 is 9.50 Å². The van der Waals surface area contributed by atoms with Crippen molar-refractivity contribution in [2.24, 2.45) is 0 Å². The lowest BCUT2D eigenvalue weighted by Gasteiger charge is -2.20. The third-order valence-electron chi connectivity index (χ3n) is 2.92. The Bertz CT molecular complexity index is 599. The SMILES string of the molecule is Cc1cc(F)cc(NC(CO)c2cccc(Cl)c2Cl)c1. The number of aryl methyl sites for hydroxylation is 1. The predicted octanol–water partition coefficient (Wildman–Crippen LogP) is 4.59. The van der Waals surface area contributed by atoms with Crippen LogP contribution in [0.4, 0.5) is 10.1 Å². The number of halogens is 3. The Morgan fingerprint density at radius 2 is 2.00 bits per heavy atom. The van der Waals surface area contributed by atoms with Crippen LogP contribution in [0.3, 0.4) is 0 Å². The van der Waals surface area contributed by atoms with Crippen LogP contribution in [0.2, 0.25) is 10.0 Å². The third-order valence-corrected chi connectivity index (χ3v) is 3.76. The van der Waals surface area contributed by atoms with Gasteiger partial charge in [0.15, 0.2) is 0 Å². The van der Waals surface area contributed by atoms with Gasteiger partial charge in [-0.15, -0.1) is 0 Å². The van der Waals surface area contributed by atoms with Crippen LogP contribution in [0.5, 0.6) is 0 Å². The monoisotopic (exact) mass is 313 g/mol. The molecule has 1 atom stereocenters. The first-order valence-electron chi connectivity index (χ1n) is 6.09. The van der Waals surface area contributed by atoms with E-state index < -0.39 is 6.04 Å². The Morgan fingerprint density at radius 3 is 2.65 bits per heavy atom. The van der Waals surface area contributed by atoms with Crippen molar-refractivity contribution >= 4 is 28.9 Å². The van der Waals surface area contributed by atoms with Gasteiger partial charge < -0.3 is 10.4 Å². The van der Waals surface area contributed by atoms with Crippen LogP contribution in [-0.4, -0.2) is 11.7 Å². The number of anilines is 1. The molecule has 2 nitrogen and oxygen atoms in total. The van der Waals surface area contributed by atoms with Gasteiger partial charge in [-0.1, -0.05) is 35.3 Å². The molecule has 2 aromatic rings. The first-order valence-corrected chi connectivity index (χ1v) is 6.85. The molecule has 0 radical (unpaired) electrons. The molecule has 5 heteroatoms. The molecule has 0 aliphatic heterocycles. The Hall–Kier alpha value is -1.29. The summed E-state index contributed by atoms with van der Waals surface area (Å²) in [6, 6.07) is 9.35. The van der Waals surface area contributed by atoms with Gasteiger partial charge in [0.25, 0.3) is 0 Å². The first kappa shape index (κ1) is 15.1. The van der Waals surface area contributed by atoms with E-state index in [1.165, 1.54) is 12.1 Å². The van der Waals surface area contributed by atoms with E-state index in [0.717, 1.165) is 5.56 Å². The van der Waals surface area contributed by atoms with Gasteiger partial charge >= 0.3 is 0 Å². The van der Waals surface area contributed by atoms with Crippen LogP contribution in [0.25, 0.3) is 0 Å². The molecule has 0 aliphatic rings. The minimum atomic E-state index is -0.456. The topological polar surface area (TPSA) is 32.3 Å². The molecule has 20 heavy (non-hydrogen) atoms. The summed E-state index contributed by atoms with van der Waals surface area (Å²) in [5.41, 5.74) is 2.04. The fourth-order valence-corrected chi connectivity index (χ4v) is 2.47. The van der Waals surface area contributed by atoms with E-state index in [2.05, 4.69) is 5.32 Å². The average molecular weight is 314 g/mol. The number of hydrogen-bond acceptors (Lipinski definition) is 2. The second-order valence-electron chi connectivity index (χ2n) is 4.54. The molecule has 106 valence electrons. The summed E-state index contributed by atoms with van der Waals surface area (Å²) < 4.78 is 13.4. The number of aliphatic hydroxyl groups is 1. The molecular weight excluding hydrogens is 300 g/mol. The molecular formula is C15H14Cl2FNO. The van der Waals surface area contributed by atoms with Gasteiger partial charge in [0.2, 0.25) is 0 Å². The van der Waals surface area contributed by atoms with Gasteiger partial charge in [-0.05, 0) is 42.3 Å². The molecule has 0 heterocycles. The van der Waals surface area contributed by atoms with Crippen molar-refractivity contribution in [2.45, 2.75) is 13.0 Å². The number of benzene rings is 2. The maximum atomic E-state index is 13.4. The minimum Gasteiger partial charge on any atom is -0.394 e. The largest absolute Gasteiger partial charge is 0.394 e. The van der Waals surface area contributed by atoms with Gasteiger partial charge in [0, 0.05) is 5.69 Å². The molecule has 1 unspecified atom stereocenters. The summed E-state index contributed by atoms with van der Waals surface area (Å²) in [7, 11) is 0. The summed E-state index contributed by atoms with van der Waals surface area (Å²) >= 11 is 12.1. The van der Waals surface area contributed by atoms with Gasteiger partial charge in [-0.2, -0.15) is 0 Å². The van der Waals surface area contributed by atoms with Crippen LogP contribution in [0, 0.1) is 12.7 Å². The van der Waals surface area contributed by atoms with Crippen LogP contribution in [-0.2, 0) is 0 Å². The number of aliphatic hydroxyl groups excluding tert-OH is 1. The molecule has 2 rings (SSSR count). The third kappa shape index (κ3) is 3.42. The number of nitrogens with one attached hydrogen (secondary N) is 1. The van der Waals surface area contributed by atoms with Crippen molar-refractivity contribution in [1.29, 1.82) is 0 Å². The molecule has 0 saturated carbocycles. The second-order valence-corrected chi connectivity index (χ2v) is 5.32. The molecule has 2 aromatic carbocycles. The zero-order chi connectivity index (χ0) is 14.7. The Kier molecular flexibility index (Phi) is 4.86. The normalized spacial score (nSPS) is 12.2. The zero-order valence-corrected chi connectivity index (χ0v) is 12.3. The Labute approximate surface area is 127 Å². The molecule has 0 spiro atoms. The average Bonchev–Trinajstić information content (AvgIpc) is 2.38. The maximum absolute atomic E-state index is 13.4. The van der Waals surface area contributed by atoms with E-state index in [1.54, 1.807) is 31.2 Å². The Balaban J connectivity index is 2.31. The van der Waals surface area contributed by atoms with Crippen LogP contribution in [0.1, 0.15) is 17.2 Å². The van der Waals surface area contributed by atoms with E-state index in [9.17, 15) is 9.50 Å². The number of hydrogen-bond donors (Lipinski definition) is 2.